The van der Waals surface area contributed by atoms with Crippen LogP contribution in [0.25, 0.3) is 11.0 Å². The third kappa shape index (κ3) is 2.25. The molecule has 0 saturated heterocycles. The van der Waals surface area contributed by atoms with E-state index < -0.39 is 5.82 Å². The van der Waals surface area contributed by atoms with Gasteiger partial charge in [0.2, 0.25) is 0 Å². The number of fused-ring (bicyclic) bond motifs is 1. The van der Waals surface area contributed by atoms with Crippen molar-refractivity contribution >= 4 is 11.0 Å². The zero-order chi connectivity index (χ0) is 14.4. The molecule has 0 aliphatic heterocycles. The highest BCUT2D eigenvalue weighted by Crippen LogP contribution is 2.27. The smallest absolute Gasteiger partial charge is 0.328 e. The highest BCUT2D eigenvalue weighted by Gasteiger charge is 2.21. The molecular formula is C14H19FN2O2. The first kappa shape index (κ1) is 13.6. The van der Waals surface area contributed by atoms with E-state index >= 15 is 0 Å². The largest absolute Gasteiger partial charge is 0.494 e. The van der Waals surface area contributed by atoms with Crippen molar-refractivity contribution in [2.24, 2.45) is 12.5 Å². The molecule has 0 saturated carbocycles. The van der Waals surface area contributed by atoms with E-state index in [4.69, 9.17) is 4.74 Å². The molecule has 1 aromatic heterocycles. The zero-order valence-electron chi connectivity index (χ0n) is 12.0. The van der Waals surface area contributed by atoms with Crippen molar-refractivity contribution < 1.29 is 9.13 Å². The molecule has 0 fully saturated rings. The number of nitrogens with zero attached hydrogens (tertiary/aromatic N) is 2. The van der Waals surface area contributed by atoms with E-state index in [1.807, 2.05) is 20.8 Å². The van der Waals surface area contributed by atoms with Gasteiger partial charge in [0, 0.05) is 13.6 Å². The minimum absolute atomic E-state index is 0.0610. The van der Waals surface area contributed by atoms with Gasteiger partial charge >= 0.3 is 5.69 Å². The average molecular weight is 266 g/mol. The van der Waals surface area contributed by atoms with Crippen LogP contribution in [0.1, 0.15) is 20.8 Å². The van der Waals surface area contributed by atoms with Gasteiger partial charge in [-0.1, -0.05) is 20.8 Å². The monoisotopic (exact) mass is 266 g/mol. The molecule has 0 bridgehead atoms. The van der Waals surface area contributed by atoms with E-state index in [0.29, 0.717) is 12.1 Å². The van der Waals surface area contributed by atoms with Crippen LogP contribution in [0.5, 0.6) is 5.75 Å². The lowest BCUT2D eigenvalue weighted by molar-refractivity contribution is 0.342. The highest BCUT2D eigenvalue weighted by atomic mass is 19.1. The maximum absolute atomic E-state index is 14.3. The van der Waals surface area contributed by atoms with E-state index in [-0.39, 0.29) is 22.4 Å². The molecule has 2 aromatic rings. The third-order valence-electron chi connectivity index (χ3n) is 3.06. The summed E-state index contributed by atoms with van der Waals surface area (Å²) < 4.78 is 22.2. The summed E-state index contributed by atoms with van der Waals surface area (Å²) in [6.07, 6.45) is 0. The molecule has 0 atom stereocenters. The molecule has 2 rings (SSSR count). The first-order valence-electron chi connectivity index (χ1n) is 6.18. The fraction of sp³-hybridized carbons (Fsp3) is 0.500. The van der Waals surface area contributed by atoms with Crippen molar-refractivity contribution in [3.63, 3.8) is 0 Å². The molecule has 19 heavy (non-hydrogen) atoms. The van der Waals surface area contributed by atoms with Gasteiger partial charge in [-0.3, -0.25) is 9.13 Å². The van der Waals surface area contributed by atoms with Crippen LogP contribution in [0, 0.1) is 11.2 Å². The molecule has 0 aliphatic rings. The summed E-state index contributed by atoms with van der Waals surface area (Å²) in [7, 11) is 2.99. The summed E-state index contributed by atoms with van der Waals surface area (Å²) in [5.41, 5.74) is 0.612. The van der Waals surface area contributed by atoms with Crippen molar-refractivity contribution in [3.05, 3.63) is 28.4 Å². The lowest BCUT2D eigenvalue weighted by Gasteiger charge is -2.18. The second-order valence-electron chi connectivity index (χ2n) is 5.94. The van der Waals surface area contributed by atoms with Gasteiger partial charge in [-0.2, -0.15) is 0 Å². The second kappa shape index (κ2) is 4.40. The third-order valence-corrected chi connectivity index (χ3v) is 3.06. The van der Waals surface area contributed by atoms with Crippen LogP contribution in [-0.2, 0) is 13.6 Å². The maximum Gasteiger partial charge on any atom is 0.328 e. The van der Waals surface area contributed by atoms with Gasteiger partial charge in [-0.25, -0.2) is 9.18 Å². The molecule has 104 valence electrons. The van der Waals surface area contributed by atoms with E-state index in [1.54, 1.807) is 23.7 Å². The van der Waals surface area contributed by atoms with Crippen molar-refractivity contribution in [2.75, 3.05) is 7.11 Å². The summed E-state index contributed by atoms with van der Waals surface area (Å²) in [6, 6.07) is 3.28. The molecule has 4 nitrogen and oxygen atoms in total. The Bertz CT molecular complexity index is 677. The Balaban J connectivity index is 2.78. The SMILES string of the molecule is COc1ccc2c(c1F)n(C)c(=O)n2CC(C)(C)C. The highest BCUT2D eigenvalue weighted by molar-refractivity contribution is 5.78. The Hall–Kier alpha value is -1.78. The van der Waals surface area contributed by atoms with Crippen molar-refractivity contribution in [1.82, 2.24) is 9.13 Å². The summed E-state index contributed by atoms with van der Waals surface area (Å²) in [4.78, 5) is 12.2. The van der Waals surface area contributed by atoms with Crippen molar-refractivity contribution in [1.29, 1.82) is 0 Å². The molecule has 0 aliphatic carbocycles. The number of halogens is 1. The topological polar surface area (TPSA) is 36.2 Å². The van der Waals surface area contributed by atoms with Gasteiger partial charge in [0.05, 0.1) is 12.6 Å². The molecule has 1 aromatic carbocycles. The number of hydrogen-bond donors (Lipinski definition) is 0. The number of benzene rings is 1. The van der Waals surface area contributed by atoms with Gasteiger partial charge in [-0.05, 0) is 17.5 Å². The number of ether oxygens (including phenoxy) is 1. The van der Waals surface area contributed by atoms with E-state index in [9.17, 15) is 9.18 Å². The minimum atomic E-state index is -0.493. The van der Waals surface area contributed by atoms with Crippen LogP contribution in [-0.4, -0.2) is 16.2 Å². The van der Waals surface area contributed by atoms with Crippen molar-refractivity contribution in [3.8, 4) is 5.75 Å². The summed E-state index contributed by atoms with van der Waals surface area (Å²) in [5.74, 6) is -0.344. The van der Waals surface area contributed by atoms with E-state index in [2.05, 4.69) is 0 Å². The summed E-state index contributed by atoms with van der Waals surface area (Å²) >= 11 is 0. The fourth-order valence-electron chi connectivity index (χ4n) is 2.24. The number of hydrogen-bond acceptors (Lipinski definition) is 2. The van der Waals surface area contributed by atoms with Crippen LogP contribution in [0.15, 0.2) is 16.9 Å². The first-order chi connectivity index (χ1) is 8.76. The first-order valence-corrected chi connectivity index (χ1v) is 6.18. The molecule has 5 heteroatoms. The standard InChI is InChI=1S/C14H19FN2O2/c1-14(2,3)8-17-9-6-7-10(19-5)11(15)12(9)16(4)13(17)18/h6-7H,8H2,1-5H3. The molecule has 0 spiro atoms. The predicted molar refractivity (Wildman–Crippen MR) is 73.1 cm³/mol. The van der Waals surface area contributed by atoms with Crippen LogP contribution < -0.4 is 10.4 Å². The zero-order valence-corrected chi connectivity index (χ0v) is 12.0. The summed E-state index contributed by atoms with van der Waals surface area (Å²) in [5, 5.41) is 0. The summed E-state index contributed by atoms with van der Waals surface area (Å²) in [6.45, 7) is 6.66. The van der Waals surface area contributed by atoms with Crippen LogP contribution in [0.4, 0.5) is 4.39 Å². The maximum atomic E-state index is 14.3. The Morgan fingerprint density at radius 2 is 1.95 bits per heavy atom. The predicted octanol–water partition coefficient (Wildman–Crippen LogP) is 2.53. The van der Waals surface area contributed by atoms with Gasteiger partial charge in [-0.15, -0.1) is 0 Å². The Morgan fingerprint density at radius 3 is 2.47 bits per heavy atom. The Labute approximate surface area is 111 Å². The molecule has 1 heterocycles. The van der Waals surface area contributed by atoms with Gasteiger partial charge in [0.15, 0.2) is 11.6 Å². The molecule has 0 radical (unpaired) electrons. The van der Waals surface area contributed by atoms with E-state index in [0.717, 1.165) is 0 Å². The Kier molecular flexibility index (Phi) is 3.16. The van der Waals surface area contributed by atoms with Gasteiger partial charge in [0.1, 0.15) is 5.52 Å². The molecule has 0 amide bonds. The van der Waals surface area contributed by atoms with Crippen LogP contribution in [0.3, 0.4) is 0 Å². The van der Waals surface area contributed by atoms with Gasteiger partial charge in [0.25, 0.3) is 0 Å². The quantitative estimate of drug-likeness (QED) is 0.837. The Morgan fingerprint density at radius 1 is 1.32 bits per heavy atom. The number of rotatable bonds is 2. The lowest BCUT2D eigenvalue weighted by Crippen LogP contribution is -2.27. The average Bonchev–Trinajstić information content (AvgIpc) is 2.54. The molecule has 0 unspecified atom stereocenters. The lowest BCUT2D eigenvalue weighted by atomic mass is 9.97. The molecular weight excluding hydrogens is 247 g/mol. The number of aromatic nitrogens is 2. The number of methoxy groups -OCH3 is 1. The van der Waals surface area contributed by atoms with Crippen LogP contribution in [0.2, 0.25) is 0 Å². The normalized spacial score (nSPS) is 12.1. The number of imidazole rings is 1. The van der Waals surface area contributed by atoms with Gasteiger partial charge < -0.3 is 4.74 Å². The second-order valence-corrected chi connectivity index (χ2v) is 5.94. The van der Waals surface area contributed by atoms with Crippen molar-refractivity contribution in [2.45, 2.75) is 27.3 Å². The van der Waals surface area contributed by atoms with Crippen LogP contribution >= 0.6 is 0 Å². The fourth-order valence-corrected chi connectivity index (χ4v) is 2.24. The minimum Gasteiger partial charge on any atom is -0.494 e. The van der Waals surface area contributed by atoms with E-state index in [1.165, 1.54) is 11.7 Å². The molecule has 0 N–H and O–H groups in total. The number of aryl methyl sites for hydroxylation is 1.